The van der Waals surface area contributed by atoms with Crippen molar-refractivity contribution in [1.82, 2.24) is 4.90 Å². The number of carboxylic acids is 3. The summed E-state index contributed by atoms with van der Waals surface area (Å²) in [5, 5.41) is 28.5. The van der Waals surface area contributed by atoms with Crippen LogP contribution in [-0.4, -0.2) is 82.2 Å². The molecule has 3 N–H and O–H groups in total. The molecule has 12 heteroatoms. The van der Waals surface area contributed by atoms with Gasteiger partial charge in [0.25, 0.3) is 5.91 Å². The summed E-state index contributed by atoms with van der Waals surface area (Å²) in [6, 6.07) is 23.2. The van der Waals surface area contributed by atoms with Crippen molar-refractivity contribution >= 4 is 23.8 Å². The first-order chi connectivity index (χ1) is 21.0. The first kappa shape index (κ1) is 32.0. The molecular formula is C32H33NO11. The molecule has 1 aliphatic rings. The van der Waals surface area contributed by atoms with Crippen molar-refractivity contribution < 1.29 is 53.4 Å². The molecule has 4 rings (SSSR count). The summed E-state index contributed by atoms with van der Waals surface area (Å²) in [6.45, 7) is 0.283. The molecule has 12 nitrogen and oxygen atoms in total. The maximum absolute atomic E-state index is 13.6. The average molecular weight is 608 g/mol. The Balaban J connectivity index is 1.62. The van der Waals surface area contributed by atoms with Gasteiger partial charge < -0.3 is 39.2 Å². The highest BCUT2D eigenvalue weighted by Crippen LogP contribution is 2.33. The van der Waals surface area contributed by atoms with E-state index in [1.165, 1.54) is 0 Å². The number of aryl methyl sites for hydroxylation is 1. The minimum Gasteiger partial charge on any atom is -0.497 e. The van der Waals surface area contributed by atoms with E-state index < -0.39 is 60.8 Å². The van der Waals surface area contributed by atoms with E-state index in [-0.39, 0.29) is 0 Å². The fourth-order valence-corrected chi connectivity index (χ4v) is 5.11. The van der Waals surface area contributed by atoms with E-state index in [1.54, 1.807) is 50.4 Å². The lowest BCUT2D eigenvalue weighted by atomic mass is 9.85. The minimum atomic E-state index is -3.07. The van der Waals surface area contributed by atoms with Gasteiger partial charge in [-0.3, -0.25) is 9.59 Å². The maximum atomic E-state index is 13.6. The van der Waals surface area contributed by atoms with Gasteiger partial charge in [-0.15, -0.1) is 0 Å². The molecule has 1 aliphatic heterocycles. The molecule has 0 aliphatic carbocycles. The molecule has 1 amide bonds. The largest absolute Gasteiger partial charge is 0.497 e. The van der Waals surface area contributed by atoms with Crippen LogP contribution in [0.4, 0.5) is 0 Å². The summed E-state index contributed by atoms with van der Waals surface area (Å²) in [5.41, 5.74) is 1.84. The lowest BCUT2D eigenvalue weighted by Crippen LogP contribution is -2.52. The molecule has 232 valence electrons. The Morgan fingerprint density at radius 1 is 0.909 bits per heavy atom. The third-order valence-electron chi connectivity index (χ3n) is 7.42. The van der Waals surface area contributed by atoms with Crippen molar-refractivity contribution in [3.05, 3.63) is 90.0 Å². The second-order valence-electron chi connectivity index (χ2n) is 10.2. The van der Waals surface area contributed by atoms with Crippen molar-refractivity contribution in [2.45, 2.75) is 43.6 Å². The van der Waals surface area contributed by atoms with Gasteiger partial charge in [0.15, 0.2) is 6.10 Å². The van der Waals surface area contributed by atoms with Gasteiger partial charge in [0.05, 0.1) is 13.7 Å². The first-order valence-electron chi connectivity index (χ1n) is 13.8. The second kappa shape index (κ2) is 14.0. The minimum absolute atomic E-state index is 0.393. The standard InChI is InChI=1S/C32H33NO11/c1-20(33(18-28(34)35)29(36)27-19-42-32(44-27,30(37)38)31(39)40)26(16-11-21-7-4-3-5-8-21)22-12-14-23(15-13-22)43-25-10-6-9-24(17-25)41-2/h3-10,12-15,17,20,26-27H,11,16,18-19H2,1-2H3,(H,34,35)(H,37,38)(H,39,40). The van der Waals surface area contributed by atoms with Gasteiger partial charge >= 0.3 is 23.7 Å². The number of ether oxygens (including phenoxy) is 4. The van der Waals surface area contributed by atoms with Crippen molar-refractivity contribution in [2.24, 2.45) is 0 Å². The van der Waals surface area contributed by atoms with Crippen LogP contribution >= 0.6 is 0 Å². The number of hydrogen-bond acceptors (Lipinski definition) is 8. The molecule has 3 aromatic rings. The Morgan fingerprint density at radius 2 is 1.57 bits per heavy atom. The van der Waals surface area contributed by atoms with E-state index in [0.29, 0.717) is 30.1 Å². The van der Waals surface area contributed by atoms with Crippen LogP contribution in [0.25, 0.3) is 0 Å². The predicted molar refractivity (Wildman–Crippen MR) is 155 cm³/mol. The molecule has 0 radical (unpaired) electrons. The molecule has 44 heavy (non-hydrogen) atoms. The molecule has 0 bridgehead atoms. The molecule has 1 fully saturated rings. The maximum Gasteiger partial charge on any atom is 0.377 e. The van der Waals surface area contributed by atoms with Crippen molar-refractivity contribution in [3.63, 3.8) is 0 Å². The van der Waals surface area contributed by atoms with E-state index in [4.69, 9.17) is 18.9 Å². The molecular weight excluding hydrogens is 574 g/mol. The SMILES string of the molecule is COc1cccc(Oc2ccc(C(CCc3ccccc3)C(C)N(CC(=O)O)C(=O)C3COC(C(=O)O)(C(=O)O)O3)cc2)c1. The fraction of sp³-hybridized carbons (Fsp3) is 0.312. The molecule has 3 atom stereocenters. The lowest BCUT2D eigenvalue weighted by Gasteiger charge is -2.35. The summed E-state index contributed by atoms with van der Waals surface area (Å²) < 4.78 is 21.2. The second-order valence-corrected chi connectivity index (χ2v) is 10.2. The summed E-state index contributed by atoms with van der Waals surface area (Å²) >= 11 is 0. The number of aliphatic carboxylic acids is 3. The Morgan fingerprint density at radius 3 is 2.16 bits per heavy atom. The number of carboxylic acid groups (broad SMARTS) is 3. The average Bonchev–Trinajstić information content (AvgIpc) is 3.48. The highest BCUT2D eigenvalue weighted by Gasteiger charge is 2.58. The third-order valence-corrected chi connectivity index (χ3v) is 7.42. The summed E-state index contributed by atoms with van der Waals surface area (Å²) in [6.07, 6.45) is -0.518. The van der Waals surface area contributed by atoms with Crippen LogP contribution in [0.5, 0.6) is 17.2 Å². The normalized spacial score (nSPS) is 16.8. The van der Waals surface area contributed by atoms with Gasteiger partial charge in [-0.05, 0) is 55.2 Å². The monoisotopic (exact) mass is 607 g/mol. The number of methoxy groups -OCH3 is 1. The molecule has 3 unspecified atom stereocenters. The Labute approximate surface area is 253 Å². The zero-order valence-corrected chi connectivity index (χ0v) is 24.1. The predicted octanol–water partition coefficient (Wildman–Crippen LogP) is 3.79. The van der Waals surface area contributed by atoms with Crippen LogP contribution in [0.2, 0.25) is 0 Å². The van der Waals surface area contributed by atoms with Gasteiger partial charge in [0, 0.05) is 18.0 Å². The molecule has 0 spiro atoms. The van der Waals surface area contributed by atoms with Gasteiger partial charge in [-0.2, -0.15) is 0 Å². The zero-order valence-electron chi connectivity index (χ0n) is 24.1. The van der Waals surface area contributed by atoms with Gasteiger partial charge in [-0.25, -0.2) is 9.59 Å². The molecule has 0 saturated carbocycles. The van der Waals surface area contributed by atoms with E-state index in [1.807, 2.05) is 42.5 Å². The zero-order chi connectivity index (χ0) is 31.9. The van der Waals surface area contributed by atoms with Gasteiger partial charge in [-0.1, -0.05) is 48.5 Å². The number of carbonyl (C=O) groups excluding carboxylic acids is 1. The first-order valence-corrected chi connectivity index (χ1v) is 13.8. The number of nitrogens with zero attached hydrogens (tertiary/aromatic N) is 1. The van der Waals surface area contributed by atoms with Crippen LogP contribution < -0.4 is 9.47 Å². The number of carbonyl (C=O) groups is 4. The Hall–Kier alpha value is -4.94. The third kappa shape index (κ3) is 7.33. The highest BCUT2D eigenvalue weighted by molar-refractivity contribution is 6.01. The van der Waals surface area contributed by atoms with Crippen molar-refractivity contribution in [2.75, 3.05) is 20.3 Å². The Kier molecular flexibility index (Phi) is 10.2. The summed E-state index contributed by atoms with van der Waals surface area (Å²) in [4.78, 5) is 49.9. The molecule has 3 aromatic carbocycles. The van der Waals surface area contributed by atoms with Crippen LogP contribution in [0.3, 0.4) is 0 Å². The number of rotatable bonds is 14. The molecule has 1 saturated heterocycles. The highest BCUT2D eigenvalue weighted by atomic mass is 16.8. The van der Waals surface area contributed by atoms with Gasteiger partial charge in [0.1, 0.15) is 23.8 Å². The topological polar surface area (TPSA) is 169 Å². The van der Waals surface area contributed by atoms with E-state index in [0.717, 1.165) is 16.0 Å². The lowest BCUT2D eigenvalue weighted by molar-refractivity contribution is -0.218. The number of amides is 1. The quantitative estimate of drug-likeness (QED) is 0.228. The van der Waals surface area contributed by atoms with Crippen molar-refractivity contribution in [3.8, 4) is 17.2 Å². The summed E-state index contributed by atoms with van der Waals surface area (Å²) in [7, 11) is 1.56. The van der Waals surface area contributed by atoms with E-state index >= 15 is 0 Å². The Bertz CT molecular complexity index is 1460. The van der Waals surface area contributed by atoms with E-state index in [2.05, 4.69) is 0 Å². The van der Waals surface area contributed by atoms with Crippen LogP contribution in [0, 0.1) is 0 Å². The van der Waals surface area contributed by atoms with Crippen LogP contribution in [0.15, 0.2) is 78.9 Å². The molecule has 1 heterocycles. The van der Waals surface area contributed by atoms with Crippen molar-refractivity contribution in [1.29, 1.82) is 0 Å². The van der Waals surface area contributed by atoms with Crippen LogP contribution in [-0.2, 0) is 35.1 Å². The van der Waals surface area contributed by atoms with Crippen LogP contribution in [0.1, 0.15) is 30.4 Å². The number of hydrogen-bond donors (Lipinski definition) is 3. The fourth-order valence-electron chi connectivity index (χ4n) is 5.11. The summed E-state index contributed by atoms with van der Waals surface area (Å²) in [5.74, 6) is -7.78. The molecule has 0 aromatic heterocycles. The van der Waals surface area contributed by atoms with E-state index in [9.17, 15) is 34.5 Å². The van der Waals surface area contributed by atoms with Gasteiger partial charge in [0.2, 0.25) is 0 Å². The smallest absolute Gasteiger partial charge is 0.377 e. The number of benzene rings is 3.